The monoisotopic (exact) mass is 426 g/mol. The van der Waals surface area contributed by atoms with Crippen molar-refractivity contribution in [1.82, 2.24) is 5.32 Å². The van der Waals surface area contributed by atoms with Gasteiger partial charge in [0.05, 0.1) is 9.88 Å². The van der Waals surface area contributed by atoms with Gasteiger partial charge in [0.25, 0.3) is 5.91 Å². The predicted octanol–water partition coefficient (Wildman–Crippen LogP) is 3.45. The number of carbonyl (C=O) groups excluding carboxylic acids is 3. The molecule has 0 spiro atoms. The Labute approximate surface area is 179 Å². The third-order valence-electron chi connectivity index (χ3n) is 5.35. The summed E-state index contributed by atoms with van der Waals surface area (Å²) < 4.78 is 0. The van der Waals surface area contributed by atoms with Gasteiger partial charge in [-0.25, -0.2) is 0 Å². The topological polar surface area (TPSA) is 90.5 Å². The maximum atomic E-state index is 12.6. The van der Waals surface area contributed by atoms with Gasteiger partial charge in [-0.15, -0.1) is 11.3 Å². The van der Waals surface area contributed by atoms with E-state index in [1.165, 1.54) is 24.2 Å². The van der Waals surface area contributed by atoms with E-state index in [9.17, 15) is 14.4 Å². The summed E-state index contributed by atoms with van der Waals surface area (Å²) in [5, 5.41) is 9.08. The van der Waals surface area contributed by atoms with Crippen molar-refractivity contribution in [1.29, 1.82) is 0 Å². The van der Waals surface area contributed by atoms with Crippen LogP contribution in [0.15, 0.2) is 36.4 Å². The van der Waals surface area contributed by atoms with Gasteiger partial charge in [0.15, 0.2) is 0 Å². The van der Waals surface area contributed by atoms with E-state index < -0.39 is 6.04 Å². The molecule has 2 fully saturated rings. The number of thiophene rings is 1. The fourth-order valence-corrected chi connectivity index (χ4v) is 4.25. The molecule has 2 aromatic rings. The van der Waals surface area contributed by atoms with Gasteiger partial charge < -0.3 is 20.9 Å². The van der Waals surface area contributed by atoms with Crippen molar-refractivity contribution in [3.8, 4) is 0 Å². The van der Waals surface area contributed by atoms with Crippen molar-refractivity contribution in [2.75, 3.05) is 28.6 Å². The molecule has 1 aromatic carbocycles. The maximum absolute atomic E-state index is 12.6. The van der Waals surface area contributed by atoms with E-state index >= 15 is 0 Å². The highest BCUT2D eigenvalue weighted by molar-refractivity contribution is 7.18. The third-order valence-corrected chi connectivity index (χ3v) is 6.35. The molecule has 1 atom stereocenters. The predicted molar refractivity (Wildman–Crippen MR) is 119 cm³/mol. The molecule has 158 valence electrons. The van der Waals surface area contributed by atoms with E-state index in [1.54, 1.807) is 19.1 Å². The van der Waals surface area contributed by atoms with Crippen LogP contribution in [0.2, 0.25) is 0 Å². The Kier molecular flexibility index (Phi) is 6.03. The minimum absolute atomic E-state index is 0.00714. The highest BCUT2D eigenvalue weighted by Crippen LogP contribution is 2.31. The Morgan fingerprint density at radius 3 is 2.57 bits per heavy atom. The zero-order valence-corrected chi connectivity index (χ0v) is 17.8. The number of hydrogen-bond acceptors (Lipinski definition) is 5. The molecule has 1 aliphatic carbocycles. The van der Waals surface area contributed by atoms with Gasteiger partial charge in [-0.3, -0.25) is 14.4 Å². The second kappa shape index (κ2) is 8.87. The van der Waals surface area contributed by atoms with Gasteiger partial charge in [-0.1, -0.05) is 6.07 Å². The lowest BCUT2D eigenvalue weighted by Gasteiger charge is -2.19. The number of hydrogen-bond donors (Lipinski definition) is 3. The molecule has 2 heterocycles. The number of nitrogens with zero attached hydrogens (tertiary/aromatic N) is 1. The number of amides is 3. The first kappa shape index (κ1) is 20.4. The van der Waals surface area contributed by atoms with Crippen molar-refractivity contribution in [2.45, 2.75) is 38.6 Å². The number of nitrogens with one attached hydrogen (secondary N) is 3. The van der Waals surface area contributed by atoms with Crippen LogP contribution < -0.4 is 20.9 Å². The highest BCUT2D eigenvalue weighted by Gasteiger charge is 2.30. The highest BCUT2D eigenvalue weighted by atomic mass is 32.1. The standard InChI is InChI=1S/C22H26N4O3S/c1-14(20(27)24-16-5-4-6-17(13-16)26-11-2-3-12-26)23-22(29)18-9-10-19(30-18)25-21(28)15-7-8-15/h4-6,9-10,13-15H,2-3,7-8,11-12H2,1H3,(H,23,29)(H,24,27)(H,25,28). The number of benzene rings is 1. The summed E-state index contributed by atoms with van der Waals surface area (Å²) >= 11 is 1.21. The van der Waals surface area contributed by atoms with E-state index in [-0.39, 0.29) is 23.6 Å². The molecule has 1 saturated carbocycles. The zero-order chi connectivity index (χ0) is 21.1. The maximum Gasteiger partial charge on any atom is 0.262 e. The molecular formula is C22H26N4O3S. The molecule has 8 heteroatoms. The summed E-state index contributed by atoms with van der Waals surface area (Å²) in [6.07, 6.45) is 4.24. The molecule has 0 bridgehead atoms. The van der Waals surface area contributed by atoms with Crippen LogP contribution in [-0.4, -0.2) is 36.9 Å². The lowest BCUT2D eigenvalue weighted by molar-refractivity contribution is -0.118. The van der Waals surface area contributed by atoms with E-state index in [4.69, 9.17) is 0 Å². The van der Waals surface area contributed by atoms with Gasteiger partial charge in [-0.05, 0) is 62.9 Å². The Balaban J connectivity index is 1.31. The first-order chi connectivity index (χ1) is 14.5. The molecule has 7 nitrogen and oxygen atoms in total. The Bertz CT molecular complexity index is 947. The normalized spacial score (nSPS) is 16.8. The van der Waals surface area contributed by atoms with Gasteiger partial charge in [0.1, 0.15) is 6.04 Å². The summed E-state index contributed by atoms with van der Waals surface area (Å²) in [7, 11) is 0. The van der Waals surface area contributed by atoms with Crippen LogP contribution in [0.5, 0.6) is 0 Å². The van der Waals surface area contributed by atoms with Gasteiger partial charge >= 0.3 is 0 Å². The molecule has 3 N–H and O–H groups in total. The van der Waals surface area contributed by atoms with Gasteiger partial charge in [-0.2, -0.15) is 0 Å². The van der Waals surface area contributed by atoms with E-state index in [0.717, 1.165) is 31.6 Å². The second-order valence-electron chi connectivity index (χ2n) is 7.86. The van der Waals surface area contributed by atoms with Crippen molar-refractivity contribution >= 4 is 45.4 Å². The second-order valence-corrected chi connectivity index (χ2v) is 8.94. The average Bonchev–Trinajstić information content (AvgIpc) is 3.24. The van der Waals surface area contributed by atoms with Crippen molar-refractivity contribution in [3.63, 3.8) is 0 Å². The Morgan fingerprint density at radius 1 is 1.07 bits per heavy atom. The minimum atomic E-state index is -0.695. The van der Waals surface area contributed by atoms with Crippen LogP contribution >= 0.6 is 11.3 Å². The number of carbonyl (C=O) groups is 3. The average molecular weight is 427 g/mol. The van der Waals surface area contributed by atoms with Gasteiger partial charge in [0, 0.05) is 30.4 Å². The van der Waals surface area contributed by atoms with Crippen LogP contribution in [0.3, 0.4) is 0 Å². The number of rotatable bonds is 7. The molecule has 4 rings (SSSR count). The van der Waals surface area contributed by atoms with Crippen molar-refractivity contribution in [2.24, 2.45) is 5.92 Å². The lowest BCUT2D eigenvalue weighted by atomic mass is 10.2. The van der Waals surface area contributed by atoms with Crippen LogP contribution in [0.4, 0.5) is 16.4 Å². The van der Waals surface area contributed by atoms with Crippen molar-refractivity contribution in [3.05, 3.63) is 41.3 Å². The molecule has 1 unspecified atom stereocenters. The summed E-state index contributed by atoms with van der Waals surface area (Å²) in [6.45, 7) is 3.72. The largest absolute Gasteiger partial charge is 0.371 e. The molecule has 1 aromatic heterocycles. The number of anilines is 3. The minimum Gasteiger partial charge on any atom is -0.371 e. The molecule has 0 radical (unpaired) electrons. The third kappa shape index (κ3) is 4.99. The SMILES string of the molecule is CC(NC(=O)c1ccc(NC(=O)C2CC2)s1)C(=O)Nc1cccc(N2CCCC2)c1. The van der Waals surface area contributed by atoms with Crippen LogP contribution in [-0.2, 0) is 9.59 Å². The summed E-state index contributed by atoms with van der Waals surface area (Å²) in [6, 6.07) is 10.5. The lowest BCUT2D eigenvalue weighted by Crippen LogP contribution is -2.41. The van der Waals surface area contributed by atoms with E-state index in [1.807, 2.05) is 24.3 Å². The van der Waals surface area contributed by atoms with Gasteiger partial charge in [0.2, 0.25) is 11.8 Å². The van der Waals surface area contributed by atoms with Crippen molar-refractivity contribution < 1.29 is 14.4 Å². The molecule has 30 heavy (non-hydrogen) atoms. The first-order valence-corrected chi connectivity index (χ1v) is 11.2. The fraction of sp³-hybridized carbons (Fsp3) is 0.409. The molecule has 3 amide bonds. The van der Waals surface area contributed by atoms with Crippen LogP contribution in [0.25, 0.3) is 0 Å². The van der Waals surface area contributed by atoms with E-state index in [0.29, 0.717) is 15.6 Å². The fourth-order valence-electron chi connectivity index (χ4n) is 3.44. The van der Waals surface area contributed by atoms with Crippen LogP contribution in [0, 0.1) is 5.92 Å². The quantitative estimate of drug-likeness (QED) is 0.632. The zero-order valence-electron chi connectivity index (χ0n) is 16.9. The summed E-state index contributed by atoms with van der Waals surface area (Å²) in [5.74, 6) is -0.495. The Morgan fingerprint density at radius 2 is 1.83 bits per heavy atom. The molecule has 2 aliphatic rings. The molecule has 1 aliphatic heterocycles. The van der Waals surface area contributed by atoms with E-state index in [2.05, 4.69) is 20.9 Å². The molecular weight excluding hydrogens is 400 g/mol. The first-order valence-electron chi connectivity index (χ1n) is 10.4. The summed E-state index contributed by atoms with van der Waals surface area (Å²) in [5.41, 5.74) is 1.81. The van der Waals surface area contributed by atoms with Crippen LogP contribution in [0.1, 0.15) is 42.3 Å². The Hall–Kier alpha value is -2.87. The smallest absolute Gasteiger partial charge is 0.262 e. The molecule has 1 saturated heterocycles. The summed E-state index contributed by atoms with van der Waals surface area (Å²) in [4.78, 5) is 39.6.